The summed E-state index contributed by atoms with van der Waals surface area (Å²) < 4.78 is 7.24. The molecule has 108 valence electrons. The first-order chi connectivity index (χ1) is 9.65. The van der Waals surface area contributed by atoms with Crippen molar-refractivity contribution in [3.63, 3.8) is 0 Å². The van der Waals surface area contributed by atoms with E-state index < -0.39 is 0 Å². The van der Waals surface area contributed by atoms with Gasteiger partial charge >= 0.3 is 0 Å². The molecule has 1 aromatic carbocycles. The number of aromatic nitrogens is 3. The fourth-order valence-electron chi connectivity index (χ4n) is 1.93. The van der Waals surface area contributed by atoms with Gasteiger partial charge in [0.25, 0.3) is 0 Å². The Hall–Kier alpha value is -1.53. The minimum Gasteiger partial charge on any atom is -0.497 e. The van der Waals surface area contributed by atoms with Crippen molar-refractivity contribution >= 4 is 11.8 Å². The highest BCUT2D eigenvalue weighted by Gasteiger charge is 2.13. The molecule has 0 aliphatic heterocycles. The molecule has 2 aromatic rings. The molecule has 2 N–H and O–H groups in total. The zero-order valence-corrected chi connectivity index (χ0v) is 12.9. The number of hydrogen-bond donors (Lipinski definition) is 1. The van der Waals surface area contributed by atoms with Crippen LogP contribution in [0.3, 0.4) is 0 Å². The molecule has 2 rings (SSSR count). The summed E-state index contributed by atoms with van der Waals surface area (Å²) in [7, 11) is 1.67. The molecule has 0 bridgehead atoms. The van der Waals surface area contributed by atoms with Gasteiger partial charge in [0.15, 0.2) is 5.16 Å². The predicted octanol–water partition coefficient (Wildman–Crippen LogP) is 2.62. The Morgan fingerprint density at radius 2 is 1.95 bits per heavy atom. The minimum absolute atomic E-state index is 0.307. The third kappa shape index (κ3) is 3.32. The lowest BCUT2D eigenvalue weighted by molar-refractivity contribution is 0.414. The van der Waals surface area contributed by atoms with E-state index in [1.54, 1.807) is 18.9 Å². The Bertz CT molecular complexity index is 551. The maximum atomic E-state index is 5.69. The van der Waals surface area contributed by atoms with E-state index in [2.05, 4.69) is 40.7 Å². The van der Waals surface area contributed by atoms with Crippen LogP contribution in [0, 0.1) is 0 Å². The first-order valence-electron chi connectivity index (χ1n) is 6.55. The van der Waals surface area contributed by atoms with E-state index in [-0.39, 0.29) is 0 Å². The van der Waals surface area contributed by atoms with Crippen LogP contribution in [0.5, 0.6) is 5.75 Å². The highest BCUT2D eigenvalue weighted by molar-refractivity contribution is 7.98. The maximum absolute atomic E-state index is 5.69. The average molecular weight is 292 g/mol. The Morgan fingerprint density at radius 3 is 2.50 bits per heavy atom. The third-order valence-corrected chi connectivity index (χ3v) is 3.98. The molecule has 1 aromatic heterocycles. The van der Waals surface area contributed by atoms with Gasteiger partial charge in [-0.1, -0.05) is 23.9 Å². The minimum atomic E-state index is 0.307. The molecular weight excluding hydrogens is 272 g/mol. The topological polar surface area (TPSA) is 66.0 Å². The Labute approximate surface area is 123 Å². The van der Waals surface area contributed by atoms with Crippen LogP contribution in [0.4, 0.5) is 0 Å². The SMILES string of the molecule is COc1ccc(CSc2nnc(CN)n2C(C)C)cc1. The van der Waals surface area contributed by atoms with Gasteiger partial charge in [0.1, 0.15) is 11.6 Å². The van der Waals surface area contributed by atoms with Crippen LogP contribution in [0.2, 0.25) is 0 Å². The lowest BCUT2D eigenvalue weighted by atomic mass is 10.2. The van der Waals surface area contributed by atoms with Crippen LogP contribution in [-0.2, 0) is 12.3 Å². The molecule has 0 amide bonds. The monoisotopic (exact) mass is 292 g/mol. The van der Waals surface area contributed by atoms with Gasteiger partial charge in [-0.15, -0.1) is 10.2 Å². The van der Waals surface area contributed by atoms with Gasteiger partial charge in [-0.3, -0.25) is 0 Å². The van der Waals surface area contributed by atoms with Crippen molar-refractivity contribution < 1.29 is 4.74 Å². The average Bonchev–Trinajstić information content (AvgIpc) is 2.88. The first kappa shape index (κ1) is 14.9. The van der Waals surface area contributed by atoms with Crippen LogP contribution in [0.1, 0.15) is 31.3 Å². The maximum Gasteiger partial charge on any atom is 0.191 e. The molecule has 20 heavy (non-hydrogen) atoms. The van der Waals surface area contributed by atoms with E-state index in [0.29, 0.717) is 12.6 Å². The fourth-order valence-corrected chi connectivity index (χ4v) is 2.98. The summed E-state index contributed by atoms with van der Waals surface area (Å²) in [5.74, 6) is 2.55. The Kier molecular flexibility index (Phi) is 5.03. The van der Waals surface area contributed by atoms with E-state index in [4.69, 9.17) is 10.5 Å². The summed E-state index contributed by atoms with van der Waals surface area (Å²) in [4.78, 5) is 0. The van der Waals surface area contributed by atoms with Gasteiger partial charge in [-0.05, 0) is 31.5 Å². The molecule has 0 aliphatic carbocycles. The van der Waals surface area contributed by atoms with Crippen LogP contribution < -0.4 is 10.5 Å². The predicted molar refractivity (Wildman–Crippen MR) is 80.9 cm³/mol. The zero-order chi connectivity index (χ0) is 14.5. The second-order valence-corrected chi connectivity index (χ2v) is 5.65. The number of nitrogens with zero attached hydrogens (tertiary/aromatic N) is 3. The number of benzene rings is 1. The van der Waals surface area contributed by atoms with E-state index in [9.17, 15) is 0 Å². The highest BCUT2D eigenvalue weighted by atomic mass is 32.2. The molecule has 0 unspecified atom stereocenters. The molecule has 0 spiro atoms. The van der Waals surface area contributed by atoms with Crippen molar-refractivity contribution in [3.8, 4) is 5.75 Å². The van der Waals surface area contributed by atoms with Gasteiger partial charge in [0, 0.05) is 11.8 Å². The molecule has 6 heteroatoms. The van der Waals surface area contributed by atoms with Gasteiger partial charge in [-0.25, -0.2) is 0 Å². The number of hydrogen-bond acceptors (Lipinski definition) is 5. The van der Waals surface area contributed by atoms with Crippen molar-refractivity contribution in [2.45, 2.75) is 37.3 Å². The number of rotatable bonds is 6. The smallest absolute Gasteiger partial charge is 0.191 e. The van der Waals surface area contributed by atoms with Gasteiger partial charge < -0.3 is 15.0 Å². The second kappa shape index (κ2) is 6.76. The van der Waals surface area contributed by atoms with Gasteiger partial charge in [-0.2, -0.15) is 0 Å². The Balaban J connectivity index is 2.08. The van der Waals surface area contributed by atoms with Gasteiger partial charge in [0.05, 0.1) is 13.7 Å². The van der Waals surface area contributed by atoms with Crippen molar-refractivity contribution in [3.05, 3.63) is 35.7 Å². The molecule has 0 saturated heterocycles. The molecule has 0 saturated carbocycles. The highest BCUT2D eigenvalue weighted by Crippen LogP contribution is 2.25. The number of ether oxygens (including phenoxy) is 1. The van der Waals surface area contributed by atoms with E-state index in [1.165, 1.54) is 5.56 Å². The number of thioether (sulfide) groups is 1. The summed E-state index contributed by atoms with van der Waals surface area (Å²) in [6, 6.07) is 8.36. The first-order valence-corrected chi connectivity index (χ1v) is 7.53. The molecular formula is C14H20N4OS. The quantitative estimate of drug-likeness (QED) is 0.829. The lowest BCUT2D eigenvalue weighted by Crippen LogP contribution is -2.11. The Morgan fingerprint density at radius 1 is 1.25 bits per heavy atom. The fraction of sp³-hybridized carbons (Fsp3) is 0.429. The number of nitrogens with two attached hydrogens (primary N) is 1. The molecule has 0 atom stereocenters. The molecule has 5 nitrogen and oxygen atoms in total. The molecule has 0 fully saturated rings. The van der Waals surface area contributed by atoms with E-state index in [1.807, 2.05) is 12.1 Å². The van der Waals surface area contributed by atoms with Gasteiger partial charge in [0.2, 0.25) is 0 Å². The molecule has 0 radical (unpaired) electrons. The molecule has 0 aliphatic rings. The summed E-state index contributed by atoms with van der Waals surface area (Å²) in [5, 5.41) is 9.28. The second-order valence-electron chi connectivity index (χ2n) is 4.70. The van der Waals surface area contributed by atoms with Crippen molar-refractivity contribution in [1.29, 1.82) is 0 Å². The van der Waals surface area contributed by atoms with Crippen LogP contribution in [0.25, 0.3) is 0 Å². The molecule has 1 heterocycles. The van der Waals surface area contributed by atoms with Crippen LogP contribution in [-0.4, -0.2) is 21.9 Å². The zero-order valence-electron chi connectivity index (χ0n) is 12.0. The number of methoxy groups -OCH3 is 1. The summed E-state index contributed by atoms with van der Waals surface area (Å²) in [6.45, 7) is 4.63. The summed E-state index contributed by atoms with van der Waals surface area (Å²) in [5.41, 5.74) is 6.92. The van der Waals surface area contributed by atoms with Crippen LogP contribution >= 0.6 is 11.8 Å². The van der Waals surface area contributed by atoms with E-state index >= 15 is 0 Å². The standard InChI is InChI=1S/C14H20N4OS/c1-10(2)18-13(8-15)16-17-14(18)20-9-11-4-6-12(19-3)7-5-11/h4-7,10H,8-9,15H2,1-3H3. The lowest BCUT2D eigenvalue weighted by Gasteiger charge is -2.12. The van der Waals surface area contributed by atoms with Crippen molar-refractivity contribution in [2.24, 2.45) is 5.73 Å². The van der Waals surface area contributed by atoms with E-state index in [0.717, 1.165) is 22.5 Å². The third-order valence-electron chi connectivity index (χ3n) is 2.96. The van der Waals surface area contributed by atoms with Crippen molar-refractivity contribution in [2.75, 3.05) is 7.11 Å². The summed E-state index contributed by atoms with van der Waals surface area (Å²) in [6.07, 6.45) is 0. The summed E-state index contributed by atoms with van der Waals surface area (Å²) >= 11 is 1.67. The van der Waals surface area contributed by atoms with Crippen molar-refractivity contribution in [1.82, 2.24) is 14.8 Å². The largest absolute Gasteiger partial charge is 0.497 e. The van der Waals surface area contributed by atoms with Crippen LogP contribution in [0.15, 0.2) is 29.4 Å². The normalized spacial score (nSPS) is 11.1.